The van der Waals surface area contributed by atoms with Crippen molar-refractivity contribution in [3.8, 4) is 0 Å². The van der Waals surface area contributed by atoms with Crippen molar-refractivity contribution in [2.45, 2.75) is 59.3 Å². The third kappa shape index (κ3) is 5.61. The summed E-state index contributed by atoms with van der Waals surface area (Å²) in [5.41, 5.74) is 5.52. The highest BCUT2D eigenvalue weighted by Crippen LogP contribution is 2.43. The largest absolute Gasteiger partial charge is 0.481 e. The number of carboxylic acid groups (broad SMARTS) is 1. The average molecular weight is 306 g/mol. The molecule has 0 radical (unpaired) electrons. The fourth-order valence-corrected chi connectivity index (χ4v) is 3.77. The van der Waals surface area contributed by atoms with E-state index in [0.29, 0.717) is 30.2 Å². The highest BCUT2D eigenvalue weighted by atomic mass is 35.5. The molecule has 0 spiro atoms. The van der Waals surface area contributed by atoms with Gasteiger partial charge in [0.15, 0.2) is 0 Å². The Morgan fingerprint density at radius 1 is 1.25 bits per heavy atom. The summed E-state index contributed by atoms with van der Waals surface area (Å²) >= 11 is 0. The van der Waals surface area contributed by atoms with E-state index in [9.17, 15) is 9.90 Å². The molecule has 0 heterocycles. The number of halogens is 1. The van der Waals surface area contributed by atoms with Gasteiger partial charge in [-0.15, -0.1) is 12.4 Å². The van der Waals surface area contributed by atoms with E-state index in [2.05, 4.69) is 20.8 Å². The van der Waals surface area contributed by atoms with E-state index in [0.717, 1.165) is 25.7 Å². The second-order valence-electron chi connectivity index (χ2n) is 6.72. The lowest BCUT2D eigenvalue weighted by Crippen LogP contribution is -2.36. The van der Waals surface area contributed by atoms with Crippen molar-refractivity contribution >= 4 is 18.4 Å². The lowest BCUT2D eigenvalue weighted by Gasteiger charge is -2.40. The number of aliphatic carboxylic acids is 1. The van der Waals surface area contributed by atoms with E-state index in [1.54, 1.807) is 0 Å². The molecule has 20 heavy (non-hydrogen) atoms. The third-order valence-corrected chi connectivity index (χ3v) is 4.88. The first-order valence-electron chi connectivity index (χ1n) is 7.90. The van der Waals surface area contributed by atoms with Gasteiger partial charge in [-0.25, -0.2) is 0 Å². The van der Waals surface area contributed by atoms with Crippen LogP contribution in [0.1, 0.15) is 59.3 Å². The maximum Gasteiger partial charge on any atom is 0.306 e. The molecule has 120 valence electrons. The quantitative estimate of drug-likeness (QED) is 0.700. The highest BCUT2D eigenvalue weighted by molar-refractivity contribution is 5.85. The summed E-state index contributed by atoms with van der Waals surface area (Å²) in [6.07, 6.45) is 6.23. The molecule has 1 aliphatic rings. The van der Waals surface area contributed by atoms with E-state index in [-0.39, 0.29) is 18.3 Å². The topological polar surface area (TPSA) is 63.3 Å². The Balaban J connectivity index is 0.00000361. The zero-order valence-corrected chi connectivity index (χ0v) is 14.0. The molecule has 0 amide bonds. The minimum absolute atomic E-state index is 0. The molecule has 0 aromatic heterocycles. The Morgan fingerprint density at radius 3 is 2.40 bits per heavy atom. The number of rotatable bonds is 7. The number of nitrogens with two attached hydrogens (primary N) is 1. The molecule has 1 unspecified atom stereocenters. The Hall–Kier alpha value is -0.280. The van der Waals surface area contributed by atoms with Gasteiger partial charge < -0.3 is 10.8 Å². The lowest BCUT2D eigenvalue weighted by atomic mass is 9.64. The van der Waals surface area contributed by atoms with Crippen LogP contribution < -0.4 is 5.73 Å². The van der Waals surface area contributed by atoms with Crippen LogP contribution in [0.15, 0.2) is 0 Å². The Kier molecular flexibility index (Phi) is 9.48. The summed E-state index contributed by atoms with van der Waals surface area (Å²) < 4.78 is 0. The van der Waals surface area contributed by atoms with Crippen LogP contribution in [-0.4, -0.2) is 17.6 Å². The van der Waals surface area contributed by atoms with E-state index in [1.807, 2.05) is 0 Å². The van der Waals surface area contributed by atoms with E-state index in [4.69, 9.17) is 5.73 Å². The maximum atomic E-state index is 11.6. The number of hydrogen-bond acceptors (Lipinski definition) is 2. The van der Waals surface area contributed by atoms with Crippen molar-refractivity contribution < 1.29 is 9.90 Å². The van der Waals surface area contributed by atoms with Crippen molar-refractivity contribution in [1.82, 2.24) is 0 Å². The minimum atomic E-state index is -0.596. The van der Waals surface area contributed by atoms with Crippen LogP contribution in [0.25, 0.3) is 0 Å². The molecule has 1 saturated carbocycles. The SMILES string of the molecule is CC(C)C1CC[C@@H](C)C[C@H]1[C@H](CCCCN)C(=O)O.Cl. The molecule has 4 heteroatoms. The van der Waals surface area contributed by atoms with Crippen molar-refractivity contribution in [2.75, 3.05) is 6.54 Å². The standard InChI is InChI=1S/C16H31NO2.ClH/c1-11(2)13-8-7-12(3)10-15(13)14(16(18)19)6-4-5-9-17;/h11-15H,4-10,17H2,1-3H3,(H,18,19);1H/t12-,13?,14+,15-;/m1./s1. The van der Waals surface area contributed by atoms with E-state index >= 15 is 0 Å². The van der Waals surface area contributed by atoms with Crippen molar-refractivity contribution in [3.05, 3.63) is 0 Å². The second-order valence-corrected chi connectivity index (χ2v) is 6.72. The van der Waals surface area contributed by atoms with Crippen LogP contribution in [0.4, 0.5) is 0 Å². The summed E-state index contributed by atoms with van der Waals surface area (Å²) in [5, 5.41) is 9.58. The first kappa shape index (κ1) is 19.7. The molecule has 4 atom stereocenters. The highest BCUT2D eigenvalue weighted by Gasteiger charge is 2.38. The molecule has 1 aliphatic carbocycles. The summed E-state index contributed by atoms with van der Waals surface area (Å²) in [7, 11) is 0. The summed E-state index contributed by atoms with van der Waals surface area (Å²) in [6, 6.07) is 0. The Bertz CT molecular complexity index is 284. The Labute approximate surface area is 130 Å². The van der Waals surface area contributed by atoms with Crippen LogP contribution in [-0.2, 0) is 4.79 Å². The van der Waals surface area contributed by atoms with Crippen LogP contribution in [0.5, 0.6) is 0 Å². The first-order valence-corrected chi connectivity index (χ1v) is 7.90. The molecule has 0 saturated heterocycles. The number of hydrogen-bond donors (Lipinski definition) is 2. The average Bonchev–Trinajstić information content (AvgIpc) is 2.33. The fraction of sp³-hybridized carbons (Fsp3) is 0.938. The van der Waals surface area contributed by atoms with Crippen LogP contribution in [0.3, 0.4) is 0 Å². The van der Waals surface area contributed by atoms with Gasteiger partial charge in [-0.05, 0) is 55.9 Å². The van der Waals surface area contributed by atoms with Gasteiger partial charge in [0.1, 0.15) is 0 Å². The van der Waals surface area contributed by atoms with Crippen LogP contribution in [0, 0.1) is 29.6 Å². The van der Waals surface area contributed by atoms with Gasteiger partial charge in [-0.2, -0.15) is 0 Å². The molecule has 0 aromatic carbocycles. The predicted octanol–water partition coefficient (Wildman–Crippen LogP) is 3.95. The van der Waals surface area contributed by atoms with Gasteiger partial charge >= 0.3 is 5.97 Å². The number of carboxylic acids is 1. The zero-order chi connectivity index (χ0) is 14.4. The van der Waals surface area contributed by atoms with Crippen molar-refractivity contribution in [3.63, 3.8) is 0 Å². The zero-order valence-electron chi connectivity index (χ0n) is 13.2. The molecule has 3 nitrogen and oxygen atoms in total. The smallest absolute Gasteiger partial charge is 0.306 e. The molecule has 0 bridgehead atoms. The van der Waals surface area contributed by atoms with Gasteiger partial charge in [0.05, 0.1) is 5.92 Å². The molecular weight excluding hydrogens is 274 g/mol. The van der Waals surface area contributed by atoms with Crippen molar-refractivity contribution in [2.24, 2.45) is 35.3 Å². The second kappa shape index (κ2) is 9.62. The normalized spacial score (nSPS) is 27.9. The fourth-order valence-electron chi connectivity index (χ4n) is 3.77. The molecular formula is C16H32ClNO2. The molecule has 3 N–H and O–H groups in total. The minimum Gasteiger partial charge on any atom is -0.481 e. The first-order chi connectivity index (χ1) is 8.97. The Morgan fingerprint density at radius 2 is 1.90 bits per heavy atom. The van der Waals surface area contributed by atoms with Gasteiger partial charge in [0, 0.05) is 0 Å². The van der Waals surface area contributed by atoms with Gasteiger partial charge in [-0.1, -0.05) is 33.6 Å². The molecule has 1 fully saturated rings. The van der Waals surface area contributed by atoms with Gasteiger partial charge in [-0.3, -0.25) is 4.79 Å². The van der Waals surface area contributed by atoms with Crippen LogP contribution in [0.2, 0.25) is 0 Å². The third-order valence-electron chi connectivity index (χ3n) is 4.88. The summed E-state index contributed by atoms with van der Waals surface area (Å²) in [5.74, 6) is 1.45. The summed E-state index contributed by atoms with van der Waals surface area (Å²) in [6.45, 7) is 7.42. The molecule has 0 aromatic rings. The van der Waals surface area contributed by atoms with Crippen LogP contribution >= 0.6 is 12.4 Å². The number of unbranched alkanes of at least 4 members (excludes halogenated alkanes) is 1. The molecule has 1 rings (SSSR count). The van der Waals surface area contributed by atoms with Crippen molar-refractivity contribution in [1.29, 1.82) is 0 Å². The van der Waals surface area contributed by atoms with Gasteiger partial charge in [0.2, 0.25) is 0 Å². The van der Waals surface area contributed by atoms with E-state index in [1.165, 1.54) is 12.8 Å². The maximum absolute atomic E-state index is 11.6. The van der Waals surface area contributed by atoms with Gasteiger partial charge in [0.25, 0.3) is 0 Å². The molecule has 0 aliphatic heterocycles. The monoisotopic (exact) mass is 305 g/mol. The lowest BCUT2D eigenvalue weighted by molar-refractivity contribution is -0.146. The van der Waals surface area contributed by atoms with E-state index < -0.39 is 5.97 Å². The summed E-state index contributed by atoms with van der Waals surface area (Å²) in [4.78, 5) is 11.6. The predicted molar refractivity (Wildman–Crippen MR) is 86.1 cm³/mol. The number of carbonyl (C=O) groups is 1.